The molecule has 1 N–H and O–H groups in total. The van der Waals surface area contributed by atoms with Gasteiger partial charge < -0.3 is 5.11 Å². The fourth-order valence-electron chi connectivity index (χ4n) is 2.78. The number of hydrogen-bond donors (Lipinski definition) is 1. The first kappa shape index (κ1) is 16.4. The molecule has 3 heteroatoms. The summed E-state index contributed by atoms with van der Waals surface area (Å²) in [6.07, 6.45) is 0.711. The minimum absolute atomic E-state index is 0.455. The second-order valence-electron chi connectivity index (χ2n) is 5.68. The van der Waals surface area contributed by atoms with Crippen molar-refractivity contribution in [2.24, 2.45) is 0 Å². The molecular formula is C18H20Cl2O. The van der Waals surface area contributed by atoms with Crippen molar-refractivity contribution < 1.29 is 5.11 Å². The highest BCUT2D eigenvalue weighted by atomic mass is 35.5. The zero-order valence-corrected chi connectivity index (χ0v) is 14.1. The van der Waals surface area contributed by atoms with Gasteiger partial charge in [-0.3, -0.25) is 0 Å². The van der Waals surface area contributed by atoms with Crippen LogP contribution in [0.1, 0.15) is 27.8 Å². The number of aryl methyl sites for hydroxylation is 3. The molecule has 0 aromatic heterocycles. The topological polar surface area (TPSA) is 20.2 Å². The summed E-state index contributed by atoms with van der Waals surface area (Å²) in [7, 11) is 0. The van der Waals surface area contributed by atoms with Crippen molar-refractivity contribution in [2.45, 2.75) is 39.7 Å². The van der Waals surface area contributed by atoms with Gasteiger partial charge in [-0.05, 0) is 61.6 Å². The lowest BCUT2D eigenvalue weighted by Crippen LogP contribution is -2.16. The van der Waals surface area contributed by atoms with Gasteiger partial charge in [0.2, 0.25) is 0 Å². The molecule has 0 heterocycles. The average molecular weight is 323 g/mol. The third-order valence-electron chi connectivity index (χ3n) is 3.75. The van der Waals surface area contributed by atoms with E-state index in [1.54, 1.807) is 12.1 Å². The van der Waals surface area contributed by atoms with Gasteiger partial charge in [0.1, 0.15) is 0 Å². The minimum atomic E-state index is -0.455. The molecule has 0 aliphatic heterocycles. The number of halogens is 2. The zero-order chi connectivity index (χ0) is 15.6. The van der Waals surface area contributed by atoms with Crippen LogP contribution in [0.4, 0.5) is 0 Å². The highest BCUT2D eigenvalue weighted by Gasteiger charge is 2.13. The van der Waals surface area contributed by atoms with E-state index in [1.807, 2.05) is 6.07 Å². The molecule has 2 aromatic carbocycles. The fourth-order valence-corrected chi connectivity index (χ4v) is 3.27. The first-order valence-corrected chi connectivity index (χ1v) is 7.81. The lowest BCUT2D eigenvalue weighted by Gasteiger charge is -2.16. The van der Waals surface area contributed by atoms with Crippen molar-refractivity contribution in [3.05, 3.63) is 68.2 Å². The van der Waals surface area contributed by atoms with E-state index in [9.17, 15) is 5.11 Å². The Labute approximate surface area is 136 Å². The number of rotatable bonds is 4. The van der Waals surface area contributed by atoms with Crippen LogP contribution in [0.3, 0.4) is 0 Å². The molecule has 1 unspecified atom stereocenters. The summed E-state index contributed by atoms with van der Waals surface area (Å²) >= 11 is 12.1. The zero-order valence-electron chi connectivity index (χ0n) is 12.6. The molecule has 0 bridgehead atoms. The van der Waals surface area contributed by atoms with Gasteiger partial charge in [0.15, 0.2) is 0 Å². The summed E-state index contributed by atoms with van der Waals surface area (Å²) in [5.74, 6) is 0. The van der Waals surface area contributed by atoms with Gasteiger partial charge in [0.05, 0.1) is 6.10 Å². The van der Waals surface area contributed by atoms with E-state index in [-0.39, 0.29) is 0 Å². The largest absolute Gasteiger partial charge is 0.392 e. The monoisotopic (exact) mass is 322 g/mol. The van der Waals surface area contributed by atoms with E-state index < -0.39 is 6.10 Å². The molecule has 1 nitrogen and oxygen atoms in total. The van der Waals surface area contributed by atoms with Gasteiger partial charge in [-0.15, -0.1) is 0 Å². The third kappa shape index (κ3) is 4.23. The van der Waals surface area contributed by atoms with Crippen molar-refractivity contribution in [3.8, 4) is 0 Å². The van der Waals surface area contributed by atoms with Gasteiger partial charge >= 0.3 is 0 Å². The normalized spacial score (nSPS) is 12.5. The van der Waals surface area contributed by atoms with Crippen molar-refractivity contribution in [2.75, 3.05) is 0 Å². The summed E-state index contributed by atoms with van der Waals surface area (Å²) in [4.78, 5) is 0. The molecule has 112 valence electrons. The predicted octanol–water partition coefficient (Wildman–Crippen LogP) is 5.06. The van der Waals surface area contributed by atoms with Gasteiger partial charge in [-0.2, -0.15) is 0 Å². The quantitative estimate of drug-likeness (QED) is 0.833. The van der Waals surface area contributed by atoms with Crippen LogP contribution in [0.2, 0.25) is 10.0 Å². The third-order valence-corrected chi connectivity index (χ3v) is 4.34. The maximum Gasteiger partial charge on any atom is 0.0621 e. The molecule has 0 spiro atoms. The Morgan fingerprint density at radius 3 is 2.14 bits per heavy atom. The molecule has 0 aliphatic rings. The maximum atomic E-state index is 10.4. The molecule has 0 fully saturated rings. The van der Waals surface area contributed by atoms with E-state index >= 15 is 0 Å². The Kier molecular flexibility index (Phi) is 5.32. The summed E-state index contributed by atoms with van der Waals surface area (Å²) in [6, 6.07) is 9.71. The molecule has 0 saturated heterocycles. The summed E-state index contributed by atoms with van der Waals surface area (Å²) in [5.41, 5.74) is 5.86. The highest BCUT2D eigenvalue weighted by Crippen LogP contribution is 2.24. The number of hydrogen-bond acceptors (Lipinski definition) is 1. The Morgan fingerprint density at radius 2 is 1.57 bits per heavy atom. The predicted molar refractivity (Wildman–Crippen MR) is 90.5 cm³/mol. The minimum Gasteiger partial charge on any atom is -0.392 e. The van der Waals surface area contributed by atoms with Gasteiger partial charge in [0.25, 0.3) is 0 Å². The van der Waals surface area contributed by atoms with Crippen molar-refractivity contribution in [1.82, 2.24) is 0 Å². The lowest BCUT2D eigenvalue weighted by atomic mass is 9.93. The van der Waals surface area contributed by atoms with Crippen LogP contribution in [-0.2, 0) is 12.8 Å². The van der Waals surface area contributed by atoms with E-state index in [2.05, 4.69) is 32.9 Å². The summed E-state index contributed by atoms with van der Waals surface area (Å²) < 4.78 is 0. The molecule has 2 aromatic rings. The van der Waals surface area contributed by atoms with Crippen LogP contribution in [0.25, 0.3) is 0 Å². The van der Waals surface area contributed by atoms with Crippen molar-refractivity contribution in [3.63, 3.8) is 0 Å². The van der Waals surface area contributed by atoms with Gasteiger partial charge in [-0.25, -0.2) is 0 Å². The smallest absolute Gasteiger partial charge is 0.0621 e. The molecular weight excluding hydrogens is 303 g/mol. The first-order chi connectivity index (χ1) is 9.86. The van der Waals surface area contributed by atoms with Gasteiger partial charge in [-0.1, -0.05) is 47.0 Å². The van der Waals surface area contributed by atoms with Crippen LogP contribution in [0, 0.1) is 20.8 Å². The SMILES string of the molecule is Cc1cc(C)c(CC(O)Cc2ccc(Cl)cc2Cl)c(C)c1. The fraction of sp³-hybridized carbons (Fsp3) is 0.333. The van der Waals surface area contributed by atoms with Crippen LogP contribution in [0.15, 0.2) is 30.3 Å². The van der Waals surface area contributed by atoms with Crippen LogP contribution in [-0.4, -0.2) is 11.2 Å². The molecule has 0 radical (unpaired) electrons. The average Bonchev–Trinajstić information content (AvgIpc) is 2.37. The number of aliphatic hydroxyl groups is 1. The molecule has 2 rings (SSSR count). The summed E-state index contributed by atoms with van der Waals surface area (Å²) in [5, 5.41) is 11.6. The molecule has 21 heavy (non-hydrogen) atoms. The highest BCUT2D eigenvalue weighted by molar-refractivity contribution is 6.35. The number of benzene rings is 2. The van der Waals surface area contributed by atoms with Gasteiger partial charge in [0, 0.05) is 16.5 Å². The van der Waals surface area contributed by atoms with Crippen molar-refractivity contribution >= 4 is 23.2 Å². The Bertz CT molecular complexity index is 627. The standard InChI is InChI=1S/C18H20Cl2O/c1-11-6-12(2)17(13(3)7-11)10-16(21)8-14-4-5-15(19)9-18(14)20/h4-7,9,16,21H,8,10H2,1-3H3. The maximum absolute atomic E-state index is 10.4. The van der Waals surface area contributed by atoms with E-state index in [0.717, 1.165) is 5.56 Å². The first-order valence-electron chi connectivity index (χ1n) is 7.05. The molecule has 1 atom stereocenters. The Morgan fingerprint density at radius 1 is 0.952 bits per heavy atom. The van der Waals surface area contributed by atoms with E-state index in [1.165, 1.54) is 22.3 Å². The number of aliphatic hydroxyl groups excluding tert-OH is 1. The molecule has 0 aliphatic carbocycles. The lowest BCUT2D eigenvalue weighted by molar-refractivity contribution is 0.175. The second kappa shape index (κ2) is 6.83. The molecule has 0 amide bonds. The Hall–Kier alpha value is -1.02. The van der Waals surface area contributed by atoms with E-state index in [0.29, 0.717) is 22.9 Å². The van der Waals surface area contributed by atoms with Crippen molar-refractivity contribution in [1.29, 1.82) is 0 Å². The van der Waals surface area contributed by atoms with Crippen LogP contribution in [0.5, 0.6) is 0 Å². The summed E-state index contributed by atoms with van der Waals surface area (Å²) in [6.45, 7) is 6.28. The van der Waals surface area contributed by atoms with E-state index in [4.69, 9.17) is 23.2 Å². The second-order valence-corrected chi connectivity index (χ2v) is 6.52. The van der Waals surface area contributed by atoms with Crippen LogP contribution >= 0.6 is 23.2 Å². The van der Waals surface area contributed by atoms with Crippen LogP contribution < -0.4 is 0 Å². The Balaban J connectivity index is 2.13. The molecule has 0 saturated carbocycles.